The molecule has 4 rings (SSSR count). The molecule has 0 saturated carbocycles. The van der Waals surface area contributed by atoms with Gasteiger partial charge in [-0.2, -0.15) is 0 Å². The second kappa shape index (κ2) is 10.4. The third-order valence-corrected chi connectivity index (χ3v) is 6.52. The summed E-state index contributed by atoms with van der Waals surface area (Å²) in [6.45, 7) is 0. The number of benzene rings is 2. The van der Waals surface area contributed by atoms with Gasteiger partial charge in [0.05, 0.1) is 30.0 Å². The summed E-state index contributed by atoms with van der Waals surface area (Å²) in [5, 5.41) is 1.50. The molecule has 0 spiro atoms. The van der Waals surface area contributed by atoms with E-state index in [1.807, 2.05) is 36.5 Å². The van der Waals surface area contributed by atoms with Crippen molar-refractivity contribution in [2.45, 2.75) is 19.3 Å². The number of hydrogen-bond donors (Lipinski definition) is 1. The van der Waals surface area contributed by atoms with Crippen molar-refractivity contribution in [1.29, 1.82) is 0 Å². The van der Waals surface area contributed by atoms with Gasteiger partial charge in [-0.15, -0.1) is 11.3 Å². The third-order valence-electron chi connectivity index (χ3n) is 5.04. The molecule has 0 aliphatic carbocycles. The zero-order valence-electron chi connectivity index (χ0n) is 18.1. The Kier molecular flexibility index (Phi) is 7.33. The summed E-state index contributed by atoms with van der Waals surface area (Å²) >= 11 is 14.6. The summed E-state index contributed by atoms with van der Waals surface area (Å²) in [7, 11) is 3.20. The summed E-state index contributed by atoms with van der Waals surface area (Å²) in [5.74, 6) is 1.89. The van der Waals surface area contributed by atoms with E-state index >= 15 is 0 Å². The standard InChI is InChI=1S/C24H22Cl2N4O2S/c1-31-16-7-3-5-14(9-16)23-29-15(6-4-8-18-13-28-24(27)33-18)10-21(30-23)22-19(25)11-17(32-2)12-20(22)26/h3,5,7,9-13H,4,6,8H2,1-2H3,(H2,27,28). The van der Waals surface area contributed by atoms with E-state index in [-0.39, 0.29) is 0 Å². The predicted octanol–water partition coefficient (Wildman–Crippen LogP) is 6.35. The van der Waals surface area contributed by atoms with Crippen LogP contribution in [0.3, 0.4) is 0 Å². The molecule has 0 aliphatic heterocycles. The molecule has 0 unspecified atom stereocenters. The van der Waals surface area contributed by atoms with Crippen molar-refractivity contribution in [3.05, 3.63) is 69.3 Å². The molecule has 0 saturated heterocycles. The maximum Gasteiger partial charge on any atom is 0.180 e. The molecule has 2 aromatic carbocycles. The summed E-state index contributed by atoms with van der Waals surface area (Å²) in [6.07, 6.45) is 4.33. The van der Waals surface area contributed by atoms with Gasteiger partial charge in [0.25, 0.3) is 0 Å². The first-order valence-corrected chi connectivity index (χ1v) is 11.8. The fourth-order valence-electron chi connectivity index (χ4n) is 3.44. The summed E-state index contributed by atoms with van der Waals surface area (Å²) in [5.41, 5.74) is 8.77. The minimum atomic E-state index is 0.459. The molecule has 9 heteroatoms. The first-order valence-electron chi connectivity index (χ1n) is 10.2. The Balaban J connectivity index is 1.73. The van der Waals surface area contributed by atoms with Crippen LogP contribution in [-0.4, -0.2) is 29.2 Å². The van der Waals surface area contributed by atoms with Crippen molar-refractivity contribution in [2.24, 2.45) is 0 Å². The Morgan fingerprint density at radius 1 is 0.939 bits per heavy atom. The molecule has 2 aromatic heterocycles. The minimum Gasteiger partial charge on any atom is -0.497 e. The molecule has 2 N–H and O–H groups in total. The van der Waals surface area contributed by atoms with E-state index in [2.05, 4.69) is 4.98 Å². The van der Waals surface area contributed by atoms with Crippen LogP contribution in [-0.2, 0) is 12.8 Å². The van der Waals surface area contributed by atoms with Crippen LogP contribution in [0.4, 0.5) is 5.13 Å². The second-order valence-corrected chi connectivity index (χ2v) is 9.25. The fourth-order valence-corrected chi connectivity index (χ4v) is 4.83. The fraction of sp³-hybridized carbons (Fsp3) is 0.208. The maximum absolute atomic E-state index is 6.57. The number of thiazole rings is 1. The molecule has 170 valence electrons. The number of nitrogen functional groups attached to an aromatic ring is 1. The molecule has 6 nitrogen and oxygen atoms in total. The molecule has 0 bridgehead atoms. The zero-order valence-corrected chi connectivity index (χ0v) is 20.5. The van der Waals surface area contributed by atoms with E-state index in [1.54, 1.807) is 26.4 Å². The van der Waals surface area contributed by atoms with Crippen LogP contribution in [0.25, 0.3) is 22.6 Å². The summed E-state index contributed by atoms with van der Waals surface area (Å²) < 4.78 is 10.7. The average molecular weight is 501 g/mol. The monoisotopic (exact) mass is 500 g/mol. The van der Waals surface area contributed by atoms with Gasteiger partial charge in [0.15, 0.2) is 11.0 Å². The van der Waals surface area contributed by atoms with E-state index in [0.29, 0.717) is 38.0 Å². The lowest BCUT2D eigenvalue weighted by atomic mass is 10.1. The predicted molar refractivity (Wildman–Crippen MR) is 135 cm³/mol. The Labute approximate surface area is 206 Å². The highest BCUT2D eigenvalue weighted by molar-refractivity contribution is 7.15. The zero-order chi connectivity index (χ0) is 23.4. The topological polar surface area (TPSA) is 83.2 Å². The highest BCUT2D eigenvalue weighted by Gasteiger charge is 2.16. The highest BCUT2D eigenvalue weighted by atomic mass is 35.5. The Bertz CT molecular complexity index is 1260. The van der Waals surface area contributed by atoms with Crippen LogP contribution in [0, 0.1) is 0 Å². The lowest BCUT2D eigenvalue weighted by Crippen LogP contribution is -2.00. The molecule has 0 amide bonds. The normalized spacial score (nSPS) is 10.9. The number of hydrogen-bond acceptors (Lipinski definition) is 7. The van der Waals surface area contributed by atoms with Crippen LogP contribution in [0.2, 0.25) is 10.0 Å². The molecular formula is C24H22Cl2N4O2S. The van der Waals surface area contributed by atoms with Crippen molar-refractivity contribution in [1.82, 2.24) is 15.0 Å². The van der Waals surface area contributed by atoms with E-state index in [0.717, 1.165) is 41.1 Å². The number of halogens is 2. The van der Waals surface area contributed by atoms with Crippen LogP contribution in [0.5, 0.6) is 11.5 Å². The van der Waals surface area contributed by atoms with E-state index in [9.17, 15) is 0 Å². The first kappa shape index (κ1) is 23.3. The third kappa shape index (κ3) is 5.55. The van der Waals surface area contributed by atoms with Crippen LogP contribution in [0.15, 0.2) is 48.7 Å². The minimum absolute atomic E-state index is 0.459. The number of rotatable bonds is 8. The second-order valence-electron chi connectivity index (χ2n) is 7.28. The lowest BCUT2D eigenvalue weighted by molar-refractivity contribution is 0.415. The van der Waals surface area contributed by atoms with Gasteiger partial charge in [-0.05, 0) is 49.6 Å². The molecule has 4 aromatic rings. The first-order chi connectivity index (χ1) is 16.0. The van der Waals surface area contributed by atoms with Gasteiger partial charge in [-0.25, -0.2) is 15.0 Å². The Hall–Kier alpha value is -2.87. The van der Waals surface area contributed by atoms with Crippen LogP contribution in [0.1, 0.15) is 17.0 Å². The van der Waals surface area contributed by atoms with Crippen molar-refractivity contribution >= 4 is 39.7 Å². The van der Waals surface area contributed by atoms with Gasteiger partial charge < -0.3 is 15.2 Å². The quantitative estimate of drug-likeness (QED) is 0.303. The maximum atomic E-state index is 6.57. The highest BCUT2D eigenvalue weighted by Crippen LogP contribution is 2.38. The van der Waals surface area contributed by atoms with Gasteiger partial charge in [0, 0.05) is 27.9 Å². The van der Waals surface area contributed by atoms with Crippen molar-refractivity contribution in [3.63, 3.8) is 0 Å². The molecule has 33 heavy (non-hydrogen) atoms. The van der Waals surface area contributed by atoms with Crippen molar-refractivity contribution in [3.8, 4) is 34.1 Å². The van der Waals surface area contributed by atoms with Gasteiger partial charge >= 0.3 is 0 Å². The molecular weight excluding hydrogens is 479 g/mol. The van der Waals surface area contributed by atoms with Gasteiger partial charge in [0.1, 0.15) is 11.5 Å². The van der Waals surface area contributed by atoms with Gasteiger partial charge in [0.2, 0.25) is 0 Å². The van der Waals surface area contributed by atoms with E-state index < -0.39 is 0 Å². The number of aromatic nitrogens is 3. The summed E-state index contributed by atoms with van der Waals surface area (Å²) in [4.78, 5) is 14.9. The number of ether oxygens (including phenoxy) is 2. The Morgan fingerprint density at radius 3 is 2.36 bits per heavy atom. The molecule has 2 heterocycles. The van der Waals surface area contributed by atoms with Crippen molar-refractivity contribution < 1.29 is 9.47 Å². The Morgan fingerprint density at radius 2 is 1.70 bits per heavy atom. The number of nitrogens with zero attached hydrogens (tertiary/aromatic N) is 3. The average Bonchev–Trinajstić information content (AvgIpc) is 3.23. The smallest absolute Gasteiger partial charge is 0.180 e. The van der Waals surface area contributed by atoms with Crippen molar-refractivity contribution in [2.75, 3.05) is 20.0 Å². The van der Waals surface area contributed by atoms with E-state index in [1.165, 1.54) is 11.3 Å². The van der Waals surface area contributed by atoms with Gasteiger partial charge in [-0.1, -0.05) is 35.3 Å². The van der Waals surface area contributed by atoms with Crippen LogP contribution >= 0.6 is 34.5 Å². The largest absolute Gasteiger partial charge is 0.497 e. The molecule has 0 radical (unpaired) electrons. The number of anilines is 1. The van der Waals surface area contributed by atoms with Gasteiger partial charge in [-0.3, -0.25) is 0 Å². The van der Waals surface area contributed by atoms with Crippen LogP contribution < -0.4 is 15.2 Å². The molecule has 0 atom stereocenters. The SMILES string of the molecule is COc1cccc(-c2nc(CCCc3cnc(N)s3)cc(-c3c(Cl)cc(OC)cc3Cl)n2)c1. The lowest BCUT2D eigenvalue weighted by Gasteiger charge is -2.13. The number of methoxy groups -OCH3 is 2. The molecule has 0 fully saturated rings. The number of nitrogens with two attached hydrogens (primary N) is 1. The number of aryl methyl sites for hydroxylation is 2. The summed E-state index contributed by atoms with van der Waals surface area (Å²) in [6, 6.07) is 13.0. The molecule has 0 aliphatic rings. The van der Waals surface area contributed by atoms with E-state index in [4.69, 9.17) is 48.4 Å².